The topological polar surface area (TPSA) is 40.6 Å². The van der Waals surface area contributed by atoms with Crippen molar-refractivity contribution in [3.63, 3.8) is 0 Å². The van der Waals surface area contributed by atoms with Gasteiger partial charge in [0.05, 0.1) is 11.8 Å². The van der Waals surface area contributed by atoms with E-state index in [1.165, 1.54) is 16.6 Å². The molecule has 1 aromatic heterocycles. The van der Waals surface area contributed by atoms with Gasteiger partial charge >= 0.3 is 0 Å². The van der Waals surface area contributed by atoms with Gasteiger partial charge in [0.2, 0.25) is 11.8 Å². The number of benzene rings is 2. The number of thioether (sulfide) groups is 1. The van der Waals surface area contributed by atoms with Crippen LogP contribution in [0.4, 0.5) is 0 Å². The lowest BCUT2D eigenvalue weighted by atomic mass is 9.93. The molecule has 4 rings (SSSR count). The van der Waals surface area contributed by atoms with E-state index in [9.17, 15) is 9.59 Å². The molecule has 178 valence electrons. The molecule has 34 heavy (non-hydrogen) atoms. The lowest BCUT2D eigenvalue weighted by Crippen LogP contribution is -2.49. The fourth-order valence-corrected chi connectivity index (χ4v) is 6.40. The summed E-state index contributed by atoms with van der Waals surface area (Å²) >= 11 is 15.9. The minimum Gasteiger partial charge on any atom is -0.330 e. The van der Waals surface area contributed by atoms with Crippen molar-refractivity contribution in [3.05, 3.63) is 86.0 Å². The van der Waals surface area contributed by atoms with Gasteiger partial charge in [0.25, 0.3) is 0 Å². The maximum Gasteiger partial charge on any atom is 0.243 e. The molecule has 3 aromatic rings. The van der Waals surface area contributed by atoms with Crippen LogP contribution in [-0.2, 0) is 16.0 Å². The Hall–Kier alpha value is -1.99. The molecule has 1 aliphatic rings. The Morgan fingerprint density at radius 1 is 1.12 bits per heavy atom. The smallest absolute Gasteiger partial charge is 0.243 e. The Bertz CT molecular complexity index is 1170. The molecule has 2 aromatic carbocycles. The average Bonchev–Trinajstić information content (AvgIpc) is 3.30. The molecular formula is C26H26Cl2N2O2S2. The van der Waals surface area contributed by atoms with E-state index in [-0.39, 0.29) is 36.2 Å². The van der Waals surface area contributed by atoms with Crippen LogP contribution in [0.25, 0.3) is 0 Å². The van der Waals surface area contributed by atoms with Crippen LogP contribution in [0.5, 0.6) is 0 Å². The van der Waals surface area contributed by atoms with Crippen molar-refractivity contribution < 1.29 is 9.59 Å². The Kier molecular flexibility index (Phi) is 8.25. The van der Waals surface area contributed by atoms with E-state index >= 15 is 0 Å². The minimum absolute atomic E-state index is 0.0348. The van der Waals surface area contributed by atoms with Crippen molar-refractivity contribution in [2.24, 2.45) is 0 Å². The Balaban J connectivity index is 1.55. The number of fused-ring (bicyclic) bond motifs is 1. The summed E-state index contributed by atoms with van der Waals surface area (Å²) in [5, 5.41) is 3.14. The van der Waals surface area contributed by atoms with Gasteiger partial charge in [-0.05, 0) is 67.1 Å². The highest BCUT2D eigenvalue weighted by atomic mass is 35.5. The molecule has 1 aliphatic heterocycles. The van der Waals surface area contributed by atoms with Gasteiger partial charge in [-0.2, -0.15) is 0 Å². The maximum absolute atomic E-state index is 13.6. The lowest BCUT2D eigenvalue weighted by molar-refractivity contribution is -0.141. The highest BCUT2D eigenvalue weighted by molar-refractivity contribution is 8.00. The lowest BCUT2D eigenvalue weighted by Gasteiger charge is -2.38. The molecule has 0 fully saturated rings. The predicted octanol–water partition coefficient (Wildman–Crippen LogP) is 6.56. The van der Waals surface area contributed by atoms with Crippen LogP contribution in [0, 0.1) is 0 Å². The van der Waals surface area contributed by atoms with E-state index in [1.807, 2.05) is 55.1 Å². The summed E-state index contributed by atoms with van der Waals surface area (Å²) in [6, 6.07) is 16.9. The van der Waals surface area contributed by atoms with Gasteiger partial charge < -0.3 is 9.80 Å². The third-order valence-corrected chi connectivity index (χ3v) is 8.45. The van der Waals surface area contributed by atoms with Crippen molar-refractivity contribution >= 4 is 58.1 Å². The first-order valence-electron chi connectivity index (χ1n) is 11.1. The number of thiophene rings is 1. The first-order chi connectivity index (χ1) is 16.3. The monoisotopic (exact) mass is 532 g/mol. The zero-order chi connectivity index (χ0) is 24.2. The van der Waals surface area contributed by atoms with Crippen molar-refractivity contribution in [1.29, 1.82) is 0 Å². The van der Waals surface area contributed by atoms with Crippen LogP contribution >= 0.6 is 46.3 Å². The summed E-state index contributed by atoms with van der Waals surface area (Å²) in [6.07, 6.45) is 0.792. The van der Waals surface area contributed by atoms with Gasteiger partial charge in [0, 0.05) is 32.4 Å². The Morgan fingerprint density at radius 3 is 2.59 bits per heavy atom. The third-order valence-electron chi connectivity index (χ3n) is 5.90. The fraction of sp³-hybridized carbons (Fsp3) is 0.308. The van der Waals surface area contributed by atoms with Gasteiger partial charge in [-0.3, -0.25) is 9.59 Å². The van der Waals surface area contributed by atoms with Gasteiger partial charge in [0.1, 0.15) is 6.54 Å². The summed E-state index contributed by atoms with van der Waals surface area (Å²) in [5.41, 5.74) is 1.94. The van der Waals surface area contributed by atoms with Crippen molar-refractivity contribution in [3.8, 4) is 0 Å². The standard InChI is InChI=1S/C26H26Cl2N2O2S2/c1-17(2)30(25(32)16-34-19-6-4-3-5-7-19)15-24(31)29-12-10-23-21(11-13-33-23)26(29)20-9-8-18(27)14-22(20)28/h3-9,11,13-14,17,26H,10,12,15-16H2,1-2H3/t26-/m1/s1. The molecule has 0 saturated heterocycles. The van der Waals surface area contributed by atoms with Crippen LogP contribution in [0.2, 0.25) is 10.0 Å². The average molecular weight is 534 g/mol. The minimum atomic E-state index is -0.296. The van der Waals surface area contributed by atoms with Crippen molar-refractivity contribution in [1.82, 2.24) is 9.80 Å². The van der Waals surface area contributed by atoms with Crippen LogP contribution in [0.1, 0.15) is 35.9 Å². The first kappa shape index (κ1) is 25.1. The molecule has 2 amide bonds. The van der Waals surface area contributed by atoms with Crippen LogP contribution in [-0.4, -0.2) is 46.5 Å². The SMILES string of the molecule is CC(C)N(CC(=O)N1CCc2sccc2[C@H]1c1ccc(Cl)cc1Cl)C(=O)CSc1ccccc1. The maximum atomic E-state index is 13.6. The zero-order valence-electron chi connectivity index (χ0n) is 19.0. The number of amides is 2. The molecule has 0 aliphatic carbocycles. The van der Waals surface area contributed by atoms with E-state index in [0.29, 0.717) is 16.6 Å². The summed E-state index contributed by atoms with van der Waals surface area (Å²) in [7, 11) is 0. The molecule has 2 heterocycles. The van der Waals surface area contributed by atoms with E-state index < -0.39 is 0 Å². The van der Waals surface area contributed by atoms with Crippen molar-refractivity contribution in [2.75, 3.05) is 18.8 Å². The number of carbonyl (C=O) groups is 2. The normalized spacial score (nSPS) is 15.3. The van der Waals surface area contributed by atoms with Gasteiger partial charge in [-0.25, -0.2) is 0 Å². The quantitative estimate of drug-likeness (QED) is 0.323. The molecule has 0 bridgehead atoms. The number of hydrogen-bond acceptors (Lipinski definition) is 4. The van der Waals surface area contributed by atoms with Crippen molar-refractivity contribution in [2.45, 2.75) is 37.2 Å². The fourth-order valence-electron chi connectivity index (χ4n) is 4.18. The third kappa shape index (κ3) is 5.62. The molecule has 4 nitrogen and oxygen atoms in total. The van der Waals surface area contributed by atoms with Gasteiger partial charge in [-0.15, -0.1) is 23.1 Å². The van der Waals surface area contributed by atoms with Gasteiger partial charge in [-0.1, -0.05) is 47.5 Å². The van der Waals surface area contributed by atoms with E-state index in [2.05, 4.69) is 11.4 Å². The zero-order valence-corrected chi connectivity index (χ0v) is 22.2. The molecule has 1 atom stereocenters. The highest BCUT2D eigenvalue weighted by Crippen LogP contribution is 2.41. The second kappa shape index (κ2) is 11.2. The number of nitrogens with zero attached hydrogens (tertiary/aromatic N) is 2. The molecular weight excluding hydrogens is 507 g/mol. The molecule has 0 radical (unpaired) electrons. The van der Waals surface area contributed by atoms with Crippen LogP contribution in [0.3, 0.4) is 0 Å². The molecule has 0 spiro atoms. The predicted molar refractivity (Wildman–Crippen MR) is 142 cm³/mol. The van der Waals surface area contributed by atoms with Gasteiger partial charge in [0.15, 0.2) is 0 Å². The summed E-state index contributed by atoms with van der Waals surface area (Å²) < 4.78 is 0. The van der Waals surface area contributed by atoms with E-state index in [0.717, 1.165) is 22.4 Å². The Morgan fingerprint density at radius 2 is 1.88 bits per heavy atom. The summed E-state index contributed by atoms with van der Waals surface area (Å²) in [4.78, 5) is 32.5. The molecule has 8 heteroatoms. The largest absolute Gasteiger partial charge is 0.330 e. The second-order valence-corrected chi connectivity index (χ2v) is 11.3. The van der Waals surface area contributed by atoms with Crippen LogP contribution < -0.4 is 0 Å². The van der Waals surface area contributed by atoms with Crippen LogP contribution in [0.15, 0.2) is 64.9 Å². The number of carbonyl (C=O) groups excluding carboxylic acids is 2. The highest BCUT2D eigenvalue weighted by Gasteiger charge is 2.35. The van der Waals surface area contributed by atoms with E-state index in [4.69, 9.17) is 23.2 Å². The number of rotatable bonds is 7. The summed E-state index contributed by atoms with van der Waals surface area (Å²) in [5.74, 6) is 0.155. The first-order valence-corrected chi connectivity index (χ1v) is 13.7. The molecule has 0 unspecified atom stereocenters. The summed E-state index contributed by atoms with van der Waals surface area (Å²) in [6.45, 7) is 4.50. The molecule has 0 saturated carbocycles. The number of hydrogen-bond donors (Lipinski definition) is 0. The second-order valence-electron chi connectivity index (χ2n) is 8.42. The van der Waals surface area contributed by atoms with E-state index in [1.54, 1.807) is 28.4 Å². The Labute approximate surface area is 218 Å². The number of halogens is 2. The molecule has 0 N–H and O–H groups in total.